The highest BCUT2D eigenvalue weighted by Crippen LogP contribution is 2.27. The van der Waals surface area contributed by atoms with Crippen molar-refractivity contribution in [2.75, 3.05) is 5.32 Å². The second-order valence-electron chi connectivity index (χ2n) is 6.43. The van der Waals surface area contributed by atoms with E-state index in [2.05, 4.69) is 12.2 Å². The van der Waals surface area contributed by atoms with E-state index in [1.165, 1.54) is 37.7 Å². The predicted octanol–water partition coefficient (Wildman–Crippen LogP) is 4.70. The van der Waals surface area contributed by atoms with Crippen LogP contribution in [0.2, 0.25) is 0 Å². The molecule has 24 heavy (non-hydrogen) atoms. The Balaban J connectivity index is 1.86. The lowest BCUT2D eigenvalue weighted by molar-refractivity contribution is -0.133. The van der Waals surface area contributed by atoms with Crippen LogP contribution in [0.15, 0.2) is 35.4 Å². The van der Waals surface area contributed by atoms with Crippen molar-refractivity contribution in [1.29, 1.82) is 0 Å². The van der Waals surface area contributed by atoms with Gasteiger partial charge < -0.3 is 10.4 Å². The van der Waals surface area contributed by atoms with Crippen molar-refractivity contribution >= 4 is 17.6 Å². The molecule has 130 valence electrons. The van der Waals surface area contributed by atoms with Crippen LogP contribution in [0.3, 0.4) is 0 Å². The first-order valence-corrected chi connectivity index (χ1v) is 8.97. The van der Waals surface area contributed by atoms with E-state index < -0.39 is 5.97 Å². The summed E-state index contributed by atoms with van der Waals surface area (Å²) in [4.78, 5) is 23.4. The molecular weight excluding hydrogens is 302 g/mol. The maximum Gasteiger partial charge on any atom is 0.332 e. The standard InChI is InChI=1S/C20H27NO3/c1-2-3-4-5-6-8-15-11-13-16(14-12-15)21-19(22)17-9-7-10-18(17)20(23)24/h11-14H,2-10H2,1H3,(H,21,22)(H,23,24). The number of unbranched alkanes of at least 4 members (excludes halogenated alkanes) is 4. The number of aryl methyl sites for hydroxylation is 1. The van der Waals surface area contributed by atoms with E-state index in [0.29, 0.717) is 18.4 Å². The fraction of sp³-hybridized carbons (Fsp3) is 0.500. The number of anilines is 1. The van der Waals surface area contributed by atoms with Crippen LogP contribution >= 0.6 is 0 Å². The number of aliphatic carboxylic acids is 1. The van der Waals surface area contributed by atoms with Gasteiger partial charge in [0.2, 0.25) is 0 Å². The van der Waals surface area contributed by atoms with Gasteiger partial charge in [0.25, 0.3) is 5.91 Å². The largest absolute Gasteiger partial charge is 0.478 e. The fourth-order valence-corrected chi connectivity index (χ4v) is 3.12. The summed E-state index contributed by atoms with van der Waals surface area (Å²) >= 11 is 0. The third-order valence-electron chi connectivity index (χ3n) is 4.53. The lowest BCUT2D eigenvalue weighted by atomic mass is 10.1. The van der Waals surface area contributed by atoms with Crippen LogP contribution in [0, 0.1) is 0 Å². The fourth-order valence-electron chi connectivity index (χ4n) is 3.12. The molecule has 0 heterocycles. The van der Waals surface area contributed by atoms with Gasteiger partial charge in [0, 0.05) is 16.8 Å². The van der Waals surface area contributed by atoms with Crippen LogP contribution in [0.4, 0.5) is 5.69 Å². The zero-order valence-electron chi connectivity index (χ0n) is 14.4. The van der Waals surface area contributed by atoms with Gasteiger partial charge in [0.15, 0.2) is 0 Å². The van der Waals surface area contributed by atoms with E-state index in [1.54, 1.807) is 0 Å². The van der Waals surface area contributed by atoms with E-state index in [1.807, 2.05) is 24.3 Å². The van der Waals surface area contributed by atoms with Crippen molar-refractivity contribution in [3.63, 3.8) is 0 Å². The van der Waals surface area contributed by atoms with E-state index in [4.69, 9.17) is 5.11 Å². The van der Waals surface area contributed by atoms with Gasteiger partial charge in [-0.3, -0.25) is 4.79 Å². The monoisotopic (exact) mass is 329 g/mol. The van der Waals surface area contributed by atoms with E-state index in [-0.39, 0.29) is 11.5 Å². The minimum Gasteiger partial charge on any atom is -0.478 e. The van der Waals surface area contributed by atoms with Crippen molar-refractivity contribution in [2.45, 2.75) is 64.7 Å². The molecular formula is C20H27NO3. The summed E-state index contributed by atoms with van der Waals surface area (Å²) in [6.45, 7) is 2.22. The molecule has 2 N–H and O–H groups in total. The Kier molecular flexibility index (Phi) is 7.04. The minimum atomic E-state index is -0.976. The summed E-state index contributed by atoms with van der Waals surface area (Å²) in [5, 5.41) is 12.0. The number of carboxylic acid groups (broad SMARTS) is 1. The topological polar surface area (TPSA) is 66.4 Å². The van der Waals surface area contributed by atoms with Crippen LogP contribution < -0.4 is 5.32 Å². The third-order valence-corrected chi connectivity index (χ3v) is 4.53. The van der Waals surface area contributed by atoms with Crippen LogP contribution in [0.5, 0.6) is 0 Å². The number of hydrogen-bond donors (Lipinski definition) is 2. The summed E-state index contributed by atoms with van der Waals surface area (Å²) in [5.74, 6) is -1.26. The zero-order valence-corrected chi connectivity index (χ0v) is 14.4. The third kappa shape index (κ3) is 5.22. The summed E-state index contributed by atoms with van der Waals surface area (Å²) in [6, 6.07) is 7.87. The highest BCUT2D eigenvalue weighted by atomic mass is 16.4. The number of carboxylic acids is 1. The van der Waals surface area contributed by atoms with Gasteiger partial charge in [0.1, 0.15) is 0 Å². The van der Waals surface area contributed by atoms with Crippen molar-refractivity contribution in [2.24, 2.45) is 0 Å². The quantitative estimate of drug-likeness (QED) is 0.645. The summed E-state index contributed by atoms with van der Waals surface area (Å²) in [7, 11) is 0. The molecule has 0 aromatic heterocycles. The summed E-state index contributed by atoms with van der Waals surface area (Å²) in [5.41, 5.74) is 2.67. The summed E-state index contributed by atoms with van der Waals surface area (Å²) < 4.78 is 0. The maximum atomic E-state index is 12.3. The van der Waals surface area contributed by atoms with Crippen LogP contribution in [0.1, 0.15) is 63.9 Å². The van der Waals surface area contributed by atoms with E-state index in [9.17, 15) is 9.59 Å². The molecule has 0 spiro atoms. The Morgan fingerprint density at radius 3 is 2.33 bits per heavy atom. The second-order valence-corrected chi connectivity index (χ2v) is 6.43. The molecule has 0 fully saturated rings. The average Bonchev–Trinajstić information content (AvgIpc) is 3.06. The first kappa shape index (κ1) is 18.2. The number of carbonyl (C=O) groups excluding carboxylic acids is 1. The SMILES string of the molecule is CCCCCCCc1ccc(NC(=O)C2=C(C(=O)O)CCC2)cc1. The summed E-state index contributed by atoms with van der Waals surface area (Å²) in [6.07, 6.45) is 9.14. The Morgan fingerprint density at radius 1 is 1.00 bits per heavy atom. The first-order chi connectivity index (χ1) is 11.6. The lowest BCUT2D eigenvalue weighted by Crippen LogP contribution is -2.16. The predicted molar refractivity (Wildman–Crippen MR) is 96.0 cm³/mol. The Morgan fingerprint density at radius 2 is 1.67 bits per heavy atom. The molecule has 0 unspecified atom stereocenters. The molecule has 0 aliphatic heterocycles. The highest BCUT2D eigenvalue weighted by molar-refractivity contribution is 6.09. The number of amides is 1. The molecule has 2 rings (SSSR count). The molecule has 1 aromatic carbocycles. The molecule has 1 aromatic rings. The second kappa shape index (κ2) is 9.26. The lowest BCUT2D eigenvalue weighted by Gasteiger charge is -2.08. The average molecular weight is 329 g/mol. The zero-order chi connectivity index (χ0) is 17.4. The van der Waals surface area contributed by atoms with Crippen molar-refractivity contribution in [3.05, 3.63) is 41.0 Å². The van der Waals surface area contributed by atoms with Gasteiger partial charge in [-0.25, -0.2) is 4.79 Å². The van der Waals surface area contributed by atoms with Gasteiger partial charge in [-0.05, 0) is 49.8 Å². The Labute approximate surface area is 144 Å². The number of rotatable bonds is 9. The van der Waals surface area contributed by atoms with Crippen molar-refractivity contribution in [1.82, 2.24) is 0 Å². The smallest absolute Gasteiger partial charge is 0.332 e. The molecule has 0 radical (unpaired) electrons. The molecule has 1 aliphatic carbocycles. The number of hydrogen-bond acceptors (Lipinski definition) is 2. The normalized spacial score (nSPS) is 14.0. The molecule has 0 saturated heterocycles. The molecule has 4 nitrogen and oxygen atoms in total. The van der Waals surface area contributed by atoms with Gasteiger partial charge in [0.05, 0.1) is 0 Å². The van der Waals surface area contributed by atoms with Gasteiger partial charge in [-0.15, -0.1) is 0 Å². The molecule has 1 aliphatic rings. The van der Waals surface area contributed by atoms with E-state index >= 15 is 0 Å². The van der Waals surface area contributed by atoms with E-state index in [0.717, 1.165) is 18.5 Å². The number of benzene rings is 1. The number of nitrogens with one attached hydrogen (secondary N) is 1. The maximum absolute atomic E-state index is 12.3. The highest BCUT2D eigenvalue weighted by Gasteiger charge is 2.25. The van der Waals surface area contributed by atoms with Crippen molar-refractivity contribution < 1.29 is 14.7 Å². The van der Waals surface area contributed by atoms with Crippen molar-refractivity contribution in [3.8, 4) is 0 Å². The number of carbonyl (C=O) groups is 2. The minimum absolute atomic E-state index is 0.260. The Bertz CT molecular complexity index is 602. The molecule has 0 atom stereocenters. The van der Waals surface area contributed by atoms with Gasteiger partial charge >= 0.3 is 5.97 Å². The van der Waals surface area contributed by atoms with Crippen LogP contribution in [-0.4, -0.2) is 17.0 Å². The Hall–Kier alpha value is -2.10. The molecule has 0 saturated carbocycles. The molecule has 1 amide bonds. The van der Waals surface area contributed by atoms with Crippen LogP contribution in [-0.2, 0) is 16.0 Å². The molecule has 4 heteroatoms. The van der Waals surface area contributed by atoms with Crippen LogP contribution in [0.25, 0.3) is 0 Å². The molecule has 0 bridgehead atoms. The first-order valence-electron chi connectivity index (χ1n) is 8.97. The van der Waals surface area contributed by atoms with Gasteiger partial charge in [-0.2, -0.15) is 0 Å². The van der Waals surface area contributed by atoms with Gasteiger partial charge in [-0.1, -0.05) is 44.7 Å².